The maximum Gasteiger partial charge on any atom is 0.258 e. The van der Waals surface area contributed by atoms with Gasteiger partial charge in [-0.05, 0) is 66.3 Å². The molecule has 1 N–H and O–H groups in total. The van der Waals surface area contributed by atoms with E-state index in [-0.39, 0.29) is 11.8 Å². The predicted molar refractivity (Wildman–Crippen MR) is 120 cm³/mol. The highest BCUT2D eigenvalue weighted by atomic mass is 32.2. The molecule has 1 aliphatic heterocycles. The molecule has 0 unspecified atom stereocenters. The van der Waals surface area contributed by atoms with Crippen LogP contribution in [0.2, 0.25) is 0 Å². The molecule has 0 aliphatic carbocycles. The Kier molecular flexibility index (Phi) is 5.67. The molecule has 146 valence electrons. The molecular weight excluding hydrogens is 380 g/mol. The Morgan fingerprint density at radius 1 is 0.931 bits per heavy atom. The minimum Gasteiger partial charge on any atom is -0.322 e. The fraction of sp³-hybridized carbons (Fsp3) is 0.167. The summed E-state index contributed by atoms with van der Waals surface area (Å²) in [5.74, 6) is 0.754. The highest BCUT2D eigenvalue weighted by molar-refractivity contribution is 7.97. The first-order valence-corrected chi connectivity index (χ1v) is 10.9. The first-order chi connectivity index (χ1) is 14.2. The van der Waals surface area contributed by atoms with E-state index in [4.69, 9.17) is 0 Å². The van der Waals surface area contributed by atoms with Crippen molar-refractivity contribution >= 4 is 35.0 Å². The van der Waals surface area contributed by atoms with E-state index >= 15 is 0 Å². The van der Waals surface area contributed by atoms with Gasteiger partial charge in [-0.25, -0.2) is 0 Å². The number of fused-ring (bicyclic) bond motifs is 1. The number of thioether (sulfide) groups is 1. The number of hydrogen-bond donors (Lipinski definition) is 1. The smallest absolute Gasteiger partial charge is 0.258 e. The van der Waals surface area contributed by atoms with Gasteiger partial charge in [0.2, 0.25) is 0 Å². The Labute approximate surface area is 174 Å². The molecule has 5 heteroatoms. The summed E-state index contributed by atoms with van der Waals surface area (Å²) in [6, 6.07) is 22.7. The normalized spacial score (nSPS) is 12.5. The Morgan fingerprint density at radius 3 is 2.34 bits per heavy atom. The van der Waals surface area contributed by atoms with Gasteiger partial charge < -0.3 is 10.2 Å². The quantitative estimate of drug-likeness (QED) is 0.653. The lowest BCUT2D eigenvalue weighted by atomic mass is 10.1. The van der Waals surface area contributed by atoms with Gasteiger partial charge in [-0.2, -0.15) is 11.8 Å². The zero-order valence-electron chi connectivity index (χ0n) is 16.2. The van der Waals surface area contributed by atoms with E-state index in [9.17, 15) is 9.59 Å². The first-order valence-electron chi connectivity index (χ1n) is 9.55. The van der Waals surface area contributed by atoms with Crippen molar-refractivity contribution in [2.75, 3.05) is 23.0 Å². The van der Waals surface area contributed by atoms with E-state index in [0.29, 0.717) is 23.4 Å². The third-order valence-corrected chi connectivity index (χ3v) is 5.67. The molecule has 0 radical (unpaired) electrons. The second-order valence-electron chi connectivity index (χ2n) is 7.00. The Hall–Kier alpha value is -3.05. The van der Waals surface area contributed by atoms with Gasteiger partial charge in [-0.3, -0.25) is 9.59 Å². The molecule has 0 saturated carbocycles. The van der Waals surface area contributed by atoms with E-state index in [0.717, 1.165) is 17.9 Å². The number of para-hydroxylation sites is 1. The summed E-state index contributed by atoms with van der Waals surface area (Å²) in [6.07, 6.45) is 2.93. The van der Waals surface area contributed by atoms with Crippen molar-refractivity contribution in [1.29, 1.82) is 0 Å². The summed E-state index contributed by atoms with van der Waals surface area (Å²) < 4.78 is 0. The van der Waals surface area contributed by atoms with Gasteiger partial charge in [-0.1, -0.05) is 30.3 Å². The highest BCUT2D eigenvalue weighted by Crippen LogP contribution is 2.29. The first kappa shape index (κ1) is 19.3. The lowest BCUT2D eigenvalue weighted by molar-refractivity contribution is 0.0988. The van der Waals surface area contributed by atoms with Gasteiger partial charge in [0.25, 0.3) is 11.8 Å². The van der Waals surface area contributed by atoms with Crippen molar-refractivity contribution in [2.45, 2.75) is 12.2 Å². The zero-order valence-corrected chi connectivity index (χ0v) is 17.0. The fourth-order valence-electron chi connectivity index (χ4n) is 3.52. The summed E-state index contributed by atoms with van der Waals surface area (Å²) in [5, 5.41) is 2.89. The van der Waals surface area contributed by atoms with Crippen LogP contribution in [0, 0.1) is 0 Å². The van der Waals surface area contributed by atoms with Crippen molar-refractivity contribution in [1.82, 2.24) is 0 Å². The lowest BCUT2D eigenvalue weighted by Crippen LogP contribution is -2.28. The van der Waals surface area contributed by atoms with Crippen molar-refractivity contribution in [3.63, 3.8) is 0 Å². The molecule has 1 heterocycles. The van der Waals surface area contributed by atoms with Crippen molar-refractivity contribution in [3.8, 4) is 0 Å². The predicted octanol–water partition coefficient (Wildman–Crippen LogP) is 5.00. The maximum absolute atomic E-state index is 12.9. The molecule has 0 spiro atoms. The largest absolute Gasteiger partial charge is 0.322 e. The average Bonchev–Trinajstić information content (AvgIpc) is 3.19. The van der Waals surface area contributed by atoms with Crippen molar-refractivity contribution in [2.24, 2.45) is 0 Å². The fourth-order valence-corrected chi connectivity index (χ4v) is 4.05. The Bertz CT molecular complexity index is 1030. The van der Waals surface area contributed by atoms with Crippen LogP contribution in [0.5, 0.6) is 0 Å². The van der Waals surface area contributed by atoms with Gasteiger partial charge in [0.15, 0.2) is 0 Å². The topological polar surface area (TPSA) is 49.4 Å². The molecule has 29 heavy (non-hydrogen) atoms. The molecule has 0 fully saturated rings. The van der Waals surface area contributed by atoms with Crippen LogP contribution in [0.3, 0.4) is 0 Å². The lowest BCUT2D eigenvalue weighted by Gasteiger charge is -2.17. The van der Waals surface area contributed by atoms with Crippen molar-refractivity contribution < 1.29 is 9.59 Å². The number of nitrogens with zero attached hydrogens (tertiary/aromatic N) is 1. The number of amides is 2. The third-order valence-electron chi connectivity index (χ3n) is 5.05. The van der Waals surface area contributed by atoms with Crippen LogP contribution in [0.15, 0.2) is 72.8 Å². The minimum atomic E-state index is -0.159. The van der Waals surface area contributed by atoms with E-state index in [1.165, 1.54) is 11.1 Å². The summed E-state index contributed by atoms with van der Waals surface area (Å²) in [7, 11) is 0. The molecular formula is C24H22N2O2S. The third kappa shape index (κ3) is 4.20. The minimum absolute atomic E-state index is 0.0165. The second kappa shape index (κ2) is 8.53. The number of nitrogens with one attached hydrogen (secondary N) is 1. The van der Waals surface area contributed by atoms with Gasteiger partial charge in [0, 0.05) is 34.8 Å². The van der Waals surface area contributed by atoms with Gasteiger partial charge in [-0.15, -0.1) is 0 Å². The Balaban J connectivity index is 1.43. The molecule has 0 atom stereocenters. The standard InChI is InChI=1S/C24H22N2O2S/c1-29-16-17-6-8-19(9-7-17)23(27)25-21-12-10-20(11-13-21)24(28)26-15-14-18-4-2-3-5-22(18)26/h2-13H,14-16H2,1H3,(H,25,27). The average molecular weight is 403 g/mol. The summed E-state index contributed by atoms with van der Waals surface area (Å²) in [6.45, 7) is 0.698. The molecule has 3 aromatic rings. The summed E-state index contributed by atoms with van der Waals surface area (Å²) >= 11 is 1.75. The van der Waals surface area contributed by atoms with E-state index < -0.39 is 0 Å². The maximum atomic E-state index is 12.9. The number of rotatable bonds is 5. The van der Waals surface area contributed by atoms with Gasteiger partial charge >= 0.3 is 0 Å². The Morgan fingerprint density at radius 2 is 1.62 bits per heavy atom. The number of anilines is 2. The van der Waals surface area contributed by atoms with Crippen LogP contribution in [0.4, 0.5) is 11.4 Å². The van der Waals surface area contributed by atoms with Crippen LogP contribution in [-0.2, 0) is 12.2 Å². The summed E-state index contributed by atoms with van der Waals surface area (Å²) in [5.41, 5.74) is 5.28. The van der Waals surface area contributed by atoms with Crippen LogP contribution in [0.25, 0.3) is 0 Å². The number of carbonyl (C=O) groups excluding carboxylic acids is 2. The van der Waals surface area contributed by atoms with E-state index in [1.807, 2.05) is 47.4 Å². The second-order valence-corrected chi connectivity index (χ2v) is 7.86. The number of carbonyl (C=O) groups is 2. The van der Waals surface area contributed by atoms with Crippen LogP contribution >= 0.6 is 11.8 Å². The molecule has 0 bridgehead atoms. The SMILES string of the molecule is CSCc1ccc(C(=O)Nc2ccc(C(=O)N3CCc4ccccc43)cc2)cc1. The molecule has 2 amide bonds. The van der Waals surface area contributed by atoms with Crippen molar-refractivity contribution in [3.05, 3.63) is 95.1 Å². The van der Waals surface area contributed by atoms with E-state index in [2.05, 4.69) is 17.6 Å². The molecule has 4 nitrogen and oxygen atoms in total. The molecule has 1 aliphatic rings. The van der Waals surface area contributed by atoms with Crippen LogP contribution < -0.4 is 10.2 Å². The van der Waals surface area contributed by atoms with Crippen LogP contribution in [0.1, 0.15) is 31.8 Å². The van der Waals surface area contributed by atoms with Crippen LogP contribution in [-0.4, -0.2) is 24.6 Å². The van der Waals surface area contributed by atoms with E-state index in [1.54, 1.807) is 36.0 Å². The summed E-state index contributed by atoms with van der Waals surface area (Å²) in [4.78, 5) is 27.2. The molecule has 3 aromatic carbocycles. The number of benzene rings is 3. The number of hydrogen-bond acceptors (Lipinski definition) is 3. The highest BCUT2D eigenvalue weighted by Gasteiger charge is 2.25. The molecule has 0 saturated heterocycles. The van der Waals surface area contributed by atoms with Gasteiger partial charge in [0.05, 0.1) is 0 Å². The zero-order chi connectivity index (χ0) is 20.2. The van der Waals surface area contributed by atoms with Gasteiger partial charge in [0.1, 0.15) is 0 Å². The molecule has 4 rings (SSSR count). The molecule has 0 aromatic heterocycles. The monoisotopic (exact) mass is 402 g/mol.